The van der Waals surface area contributed by atoms with E-state index in [2.05, 4.69) is 4.90 Å². The van der Waals surface area contributed by atoms with Crippen molar-refractivity contribution in [2.75, 3.05) is 33.8 Å². The van der Waals surface area contributed by atoms with E-state index < -0.39 is 16.0 Å². The zero-order valence-corrected chi connectivity index (χ0v) is 15.6. The van der Waals surface area contributed by atoms with Gasteiger partial charge in [0.15, 0.2) is 0 Å². The van der Waals surface area contributed by atoms with Gasteiger partial charge in [0.1, 0.15) is 0 Å². The fourth-order valence-corrected chi connectivity index (χ4v) is 5.01. The number of nitrogens with zero attached hydrogens (tertiary/aromatic N) is 2. The summed E-state index contributed by atoms with van der Waals surface area (Å²) < 4.78 is 33.1. The van der Waals surface area contributed by atoms with E-state index in [0.29, 0.717) is 19.6 Å². The predicted molar refractivity (Wildman–Crippen MR) is 98.4 cm³/mol. The minimum atomic E-state index is -3.86. The van der Waals surface area contributed by atoms with Crippen molar-refractivity contribution in [2.24, 2.45) is 0 Å². The lowest BCUT2D eigenvalue weighted by Crippen LogP contribution is -2.49. The summed E-state index contributed by atoms with van der Waals surface area (Å²) >= 11 is 0. The average Bonchev–Trinajstić information content (AvgIpc) is 2.67. The van der Waals surface area contributed by atoms with Crippen LogP contribution in [0, 0.1) is 0 Å². The number of ether oxygens (including phenoxy) is 1. The first kappa shape index (κ1) is 18.6. The Bertz CT molecular complexity index is 883. The first-order valence-corrected chi connectivity index (χ1v) is 9.82. The summed E-state index contributed by atoms with van der Waals surface area (Å²) in [5, 5.41) is 0. The number of carbonyl (C=O) groups is 1. The molecule has 2 aromatic carbocycles. The third-order valence-electron chi connectivity index (χ3n) is 4.60. The lowest BCUT2D eigenvalue weighted by molar-refractivity contribution is 0.0596. The molecule has 0 N–H and O–H groups in total. The fraction of sp³-hybridized carbons (Fsp3) is 0.316. The second-order valence-corrected chi connectivity index (χ2v) is 8.15. The molecule has 1 aliphatic heterocycles. The van der Waals surface area contributed by atoms with Crippen molar-refractivity contribution in [3.05, 3.63) is 65.7 Å². The number of likely N-dealkylation sites (N-methyl/N-ethyl adjacent to an activating group) is 1. The normalized spacial score (nSPS) is 19.2. The molecule has 1 saturated heterocycles. The summed E-state index contributed by atoms with van der Waals surface area (Å²) in [6.45, 7) is 1.57. The van der Waals surface area contributed by atoms with Crippen molar-refractivity contribution in [3.8, 4) is 0 Å². The predicted octanol–water partition coefficient (Wildman–Crippen LogP) is 2.15. The highest BCUT2D eigenvalue weighted by Gasteiger charge is 2.37. The molecule has 0 amide bonds. The smallest absolute Gasteiger partial charge is 0.339 e. The van der Waals surface area contributed by atoms with Gasteiger partial charge in [-0.15, -0.1) is 0 Å². The van der Waals surface area contributed by atoms with Crippen LogP contribution in [0.25, 0.3) is 0 Å². The minimum absolute atomic E-state index is 0.0164. The van der Waals surface area contributed by atoms with Gasteiger partial charge in [-0.3, -0.25) is 0 Å². The van der Waals surface area contributed by atoms with E-state index in [-0.39, 0.29) is 16.5 Å². The van der Waals surface area contributed by atoms with Gasteiger partial charge in [-0.25, -0.2) is 13.2 Å². The summed E-state index contributed by atoms with van der Waals surface area (Å²) in [4.78, 5) is 14.1. The molecule has 1 atom stereocenters. The number of hydrogen-bond acceptors (Lipinski definition) is 5. The van der Waals surface area contributed by atoms with Crippen LogP contribution in [0.5, 0.6) is 0 Å². The Labute approximate surface area is 154 Å². The number of rotatable bonds is 4. The molecule has 7 heteroatoms. The molecule has 1 unspecified atom stereocenters. The van der Waals surface area contributed by atoms with Gasteiger partial charge in [0.25, 0.3) is 0 Å². The SMILES string of the molecule is COC(=O)c1ccccc1S(=O)(=O)N1CCN(C)CC1c1ccccc1. The largest absolute Gasteiger partial charge is 0.465 e. The summed E-state index contributed by atoms with van der Waals surface area (Å²) in [5.74, 6) is -0.658. The molecule has 0 saturated carbocycles. The van der Waals surface area contributed by atoms with Gasteiger partial charge in [0.05, 0.1) is 23.6 Å². The van der Waals surface area contributed by atoms with E-state index in [0.717, 1.165) is 5.56 Å². The van der Waals surface area contributed by atoms with Crippen LogP contribution in [0.4, 0.5) is 0 Å². The molecule has 0 aliphatic carbocycles. The molecule has 3 rings (SSSR count). The second-order valence-electron chi connectivity index (χ2n) is 6.29. The molecule has 26 heavy (non-hydrogen) atoms. The summed E-state index contributed by atoms with van der Waals surface area (Å²) in [7, 11) is -0.644. The standard InChI is InChI=1S/C19H22N2O4S/c1-20-12-13-21(17(14-20)15-8-4-3-5-9-15)26(23,24)18-11-7-6-10-16(18)19(22)25-2/h3-11,17H,12-14H2,1-2H3. The van der Waals surface area contributed by atoms with Gasteiger partial charge in [-0.05, 0) is 24.7 Å². The highest BCUT2D eigenvalue weighted by molar-refractivity contribution is 7.89. The molecule has 138 valence electrons. The Morgan fingerprint density at radius 1 is 1.04 bits per heavy atom. The van der Waals surface area contributed by atoms with E-state index in [9.17, 15) is 13.2 Å². The maximum absolute atomic E-state index is 13.4. The zero-order valence-electron chi connectivity index (χ0n) is 14.8. The topological polar surface area (TPSA) is 66.9 Å². The maximum Gasteiger partial charge on any atom is 0.339 e. The van der Waals surface area contributed by atoms with Crippen molar-refractivity contribution < 1.29 is 17.9 Å². The van der Waals surface area contributed by atoms with E-state index in [4.69, 9.17) is 4.74 Å². The number of esters is 1. The van der Waals surface area contributed by atoms with Gasteiger partial charge in [-0.2, -0.15) is 4.31 Å². The van der Waals surface area contributed by atoms with Crippen LogP contribution in [0.15, 0.2) is 59.5 Å². The maximum atomic E-state index is 13.4. The van der Waals surface area contributed by atoms with Gasteiger partial charge in [0, 0.05) is 19.6 Å². The van der Waals surface area contributed by atoms with Gasteiger partial charge in [0.2, 0.25) is 10.0 Å². The van der Waals surface area contributed by atoms with Crippen molar-refractivity contribution in [3.63, 3.8) is 0 Å². The summed E-state index contributed by atoms with van der Waals surface area (Å²) in [6, 6.07) is 15.4. The Morgan fingerprint density at radius 2 is 1.69 bits per heavy atom. The minimum Gasteiger partial charge on any atom is -0.465 e. The molecule has 1 heterocycles. The lowest BCUT2D eigenvalue weighted by Gasteiger charge is -2.39. The number of methoxy groups -OCH3 is 1. The number of carbonyl (C=O) groups excluding carboxylic acids is 1. The first-order valence-electron chi connectivity index (χ1n) is 8.38. The van der Waals surface area contributed by atoms with Gasteiger partial charge >= 0.3 is 5.97 Å². The molecule has 0 bridgehead atoms. The van der Waals surface area contributed by atoms with E-state index >= 15 is 0 Å². The van der Waals surface area contributed by atoms with Gasteiger partial charge in [-0.1, -0.05) is 42.5 Å². The molecule has 0 spiro atoms. The average molecular weight is 374 g/mol. The highest BCUT2D eigenvalue weighted by Crippen LogP contribution is 2.32. The third-order valence-corrected chi connectivity index (χ3v) is 6.56. The summed E-state index contributed by atoms with van der Waals surface area (Å²) in [5.41, 5.74) is 0.985. The Hall–Kier alpha value is -2.22. The first-order chi connectivity index (χ1) is 12.4. The Balaban J connectivity index is 2.07. The fourth-order valence-electron chi connectivity index (χ4n) is 3.23. The number of hydrogen-bond donors (Lipinski definition) is 0. The second kappa shape index (κ2) is 7.57. The van der Waals surface area contributed by atoms with Crippen LogP contribution in [0.1, 0.15) is 22.0 Å². The molecular formula is C19H22N2O4S. The molecule has 1 aliphatic rings. The van der Waals surface area contributed by atoms with Crippen molar-refractivity contribution in [1.29, 1.82) is 0 Å². The Morgan fingerprint density at radius 3 is 2.38 bits per heavy atom. The van der Waals surface area contributed by atoms with Crippen LogP contribution in [0.2, 0.25) is 0 Å². The van der Waals surface area contributed by atoms with Crippen LogP contribution in [-0.4, -0.2) is 57.4 Å². The van der Waals surface area contributed by atoms with Crippen LogP contribution >= 0.6 is 0 Å². The monoisotopic (exact) mass is 374 g/mol. The highest BCUT2D eigenvalue weighted by atomic mass is 32.2. The van der Waals surface area contributed by atoms with Crippen LogP contribution < -0.4 is 0 Å². The van der Waals surface area contributed by atoms with Crippen LogP contribution in [-0.2, 0) is 14.8 Å². The lowest BCUT2D eigenvalue weighted by atomic mass is 10.1. The Kier molecular flexibility index (Phi) is 5.41. The number of sulfonamides is 1. The zero-order chi connectivity index (χ0) is 18.7. The van der Waals surface area contributed by atoms with Crippen molar-refractivity contribution in [1.82, 2.24) is 9.21 Å². The van der Waals surface area contributed by atoms with Gasteiger partial charge < -0.3 is 9.64 Å². The van der Waals surface area contributed by atoms with E-state index in [1.54, 1.807) is 12.1 Å². The number of piperazine rings is 1. The van der Waals surface area contributed by atoms with Crippen molar-refractivity contribution in [2.45, 2.75) is 10.9 Å². The van der Waals surface area contributed by atoms with Crippen LogP contribution in [0.3, 0.4) is 0 Å². The third kappa shape index (κ3) is 3.51. The van der Waals surface area contributed by atoms with E-state index in [1.807, 2.05) is 37.4 Å². The summed E-state index contributed by atoms with van der Waals surface area (Å²) in [6.07, 6.45) is 0. The van der Waals surface area contributed by atoms with Crippen molar-refractivity contribution >= 4 is 16.0 Å². The van der Waals surface area contributed by atoms with E-state index in [1.165, 1.54) is 23.5 Å². The molecule has 6 nitrogen and oxygen atoms in total. The molecular weight excluding hydrogens is 352 g/mol. The quantitative estimate of drug-likeness (QED) is 0.767. The molecule has 0 aromatic heterocycles. The molecule has 0 radical (unpaired) electrons. The number of benzene rings is 2. The molecule has 2 aromatic rings. The molecule has 1 fully saturated rings.